The fraction of sp³-hybridized carbons (Fsp3) is 0.0769. The van der Waals surface area contributed by atoms with Crippen LogP contribution in [0.15, 0.2) is 78.4 Å². The van der Waals surface area contributed by atoms with Crippen molar-refractivity contribution in [2.24, 2.45) is 0 Å². The van der Waals surface area contributed by atoms with Crippen LogP contribution in [0.1, 0.15) is 21.5 Å². The Morgan fingerprint density at radius 1 is 0.971 bits per heavy atom. The van der Waals surface area contributed by atoms with Gasteiger partial charge < -0.3 is 14.6 Å². The topological polar surface area (TPSA) is 122 Å². The molecule has 1 aliphatic heterocycles. The molecule has 176 valence electrons. The van der Waals surface area contributed by atoms with Gasteiger partial charge in [0.15, 0.2) is 0 Å². The Morgan fingerprint density at radius 3 is 2.31 bits per heavy atom. The Balaban J connectivity index is 1.59. The molecule has 0 unspecified atom stereocenters. The van der Waals surface area contributed by atoms with Gasteiger partial charge in [-0.2, -0.15) is 0 Å². The Morgan fingerprint density at radius 2 is 1.66 bits per heavy atom. The van der Waals surface area contributed by atoms with Crippen LogP contribution in [-0.2, 0) is 16.2 Å². The number of barbiturate groups is 1. The molecule has 1 aliphatic rings. The molecule has 0 radical (unpaired) electrons. The molecule has 35 heavy (non-hydrogen) atoms. The summed E-state index contributed by atoms with van der Waals surface area (Å²) in [6.07, 6.45) is 1.36. The number of hydrogen-bond acceptors (Lipinski definition) is 6. The molecule has 1 heterocycles. The molecule has 4 amide bonds. The standard InChI is InChI=1S/C26H20N2O7/c1-34-20-12-10-19(11-13-20)28-24(30)21(23(29)27-26(28)33)14-18-4-2-3-5-22(18)35-15-16-6-8-17(9-7-16)25(31)32/h2-14H,15H2,1H3,(H,31,32)(H,27,29,33). The number of anilines is 1. The molecule has 1 saturated heterocycles. The molecule has 9 nitrogen and oxygen atoms in total. The van der Waals surface area contributed by atoms with Crippen molar-refractivity contribution in [3.05, 3.63) is 95.1 Å². The van der Waals surface area contributed by atoms with E-state index in [-0.39, 0.29) is 23.4 Å². The van der Waals surface area contributed by atoms with Crippen molar-refractivity contribution in [2.45, 2.75) is 6.61 Å². The fourth-order valence-corrected chi connectivity index (χ4v) is 3.41. The van der Waals surface area contributed by atoms with Crippen molar-refractivity contribution in [3.8, 4) is 11.5 Å². The number of hydrogen-bond donors (Lipinski definition) is 2. The normalized spacial score (nSPS) is 14.6. The van der Waals surface area contributed by atoms with Crippen LogP contribution in [0, 0.1) is 0 Å². The van der Waals surface area contributed by atoms with Gasteiger partial charge in [0.25, 0.3) is 11.8 Å². The number of nitrogens with zero attached hydrogens (tertiary/aromatic N) is 1. The second kappa shape index (κ2) is 9.92. The Labute approximate surface area is 200 Å². The summed E-state index contributed by atoms with van der Waals surface area (Å²) in [6.45, 7) is 0.136. The maximum absolute atomic E-state index is 13.1. The van der Waals surface area contributed by atoms with Crippen LogP contribution in [0.4, 0.5) is 10.5 Å². The van der Waals surface area contributed by atoms with Crippen LogP contribution in [0.5, 0.6) is 11.5 Å². The number of benzene rings is 3. The number of para-hydroxylation sites is 1. The minimum atomic E-state index is -1.02. The number of nitrogens with one attached hydrogen (secondary N) is 1. The van der Waals surface area contributed by atoms with E-state index in [0.717, 1.165) is 10.5 Å². The molecule has 0 bridgehead atoms. The predicted octanol–water partition coefficient (Wildman–Crippen LogP) is 3.64. The number of imide groups is 2. The summed E-state index contributed by atoms with van der Waals surface area (Å²) in [4.78, 5) is 50.0. The lowest BCUT2D eigenvalue weighted by Gasteiger charge is -2.26. The number of carbonyl (C=O) groups excluding carboxylic acids is 3. The first kappa shape index (κ1) is 23.2. The van der Waals surface area contributed by atoms with Gasteiger partial charge >= 0.3 is 12.0 Å². The fourth-order valence-electron chi connectivity index (χ4n) is 3.41. The van der Waals surface area contributed by atoms with Crippen LogP contribution < -0.4 is 19.7 Å². The molecule has 0 aromatic heterocycles. The van der Waals surface area contributed by atoms with Gasteiger partial charge in [0.1, 0.15) is 23.7 Å². The monoisotopic (exact) mass is 472 g/mol. The first-order chi connectivity index (χ1) is 16.9. The Hall–Kier alpha value is -4.92. The third kappa shape index (κ3) is 5.03. The largest absolute Gasteiger partial charge is 0.497 e. The number of carbonyl (C=O) groups is 4. The van der Waals surface area contributed by atoms with Gasteiger partial charge in [0.05, 0.1) is 18.4 Å². The number of rotatable bonds is 7. The van der Waals surface area contributed by atoms with Gasteiger partial charge in [-0.3, -0.25) is 14.9 Å². The second-order valence-corrected chi connectivity index (χ2v) is 7.48. The highest BCUT2D eigenvalue weighted by molar-refractivity contribution is 6.39. The molecular formula is C26H20N2O7. The quantitative estimate of drug-likeness (QED) is 0.398. The smallest absolute Gasteiger partial charge is 0.335 e. The average molecular weight is 472 g/mol. The lowest BCUT2D eigenvalue weighted by molar-refractivity contribution is -0.122. The van der Waals surface area contributed by atoms with E-state index in [1.165, 1.54) is 37.5 Å². The number of carboxylic acids is 1. The van der Waals surface area contributed by atoms with Crippen LogP contribution in [0.2, 0.25) is 0 Å². The zero-order valence-electron chi connectivity index (χ0n) is 18.6. The molecule has 0 atom stereocenters. The molecule has 3 aromatic rings. The highest BCUT2D eigenvalue weighted by Crippen LogP contribution is 2.27. The van der Waals surface area contributed by atoms with Gasteiger partial charge in [-0.25, -0.2) is 14.5 Å². The molecule has 4 rings (SSSR count). The molecule has 1 fully saturated rings. The van der Waals surface area contributed by atoms with Gasteiger partial charge in [0.2, 0.25) is 0 Å². The van der Waals surface area contributed by atoms with Gasteiger partial charge in [-0.15, -0.1) is 0 Å². The zero-order chi connectivity index (χ0) is 24.9. The summed E-state index contributed by atoms with van der Waals surface area (Å²) in [6, 6.07) is 18.5. The molecule has 3 aromatic carbocycles. The van der Waals surface area contributed by atoms with Crippen molar-refractivity contribution >= 4 is 35.6 Å². The summed E-state index contributed by atoms with van der Waals surface area (Å²) >= 11 is 0. The second-order valence-electron chi connectivity index (χ2n) is 7.48. The van der Waals surface area contributed by atoms with Crippen molar-refractivity contribution in [1.29, 1.82) is 0 Å². The summed E-state index contributed by atoms with van der Waals surface area (Å²) < 4.78 is 11.0. The van der Waals surface area contributed by atoms with E-state index in [2.05, 4.69) is 5.32 Å². The molecule has 2 N–H and O–H groups in total. The lowest BCUT2D eigenvalue weighted by atomic mass is 10.1. The summed E-state index contributed by atoms with van der Waals surface area (Å²) in [5.74, 6) is -1.66. The van der Waals surface area contributed by atoms with E-state index in [1.54, 1.807) is 48.5 Å². The van der Waals surface area contributed by atoms with Crippen LogP contribution in [-0.4, -0.2) is 36.0 Å². The third-order valence-corrected chi connectivity index (χ3v) is 5.25. The lowest BCUT2D eigenvalue weighted by Crippen LogP contribution is -2.54. The van der Waals surface area contributed by atoms with Crippen molar-refractivity contribution < 1.29 is 33.8 Å². The van der Waals surface area contributed by atoms with Crippen LogP contribution >= 0.6 is 0 Å². The minimum Gasteiger partial charge on any atom is -0.497 e. The number of carboxylic acid groups (broad SMARTS) is 1. The van der Waals surface area contributed by atoms with Crippen molar-refractivity contribution in [1.82, 2.24) is 5.32 Å². The van der Waals surface area contributed by atoms with E-state index in [0.29, 0.717) is 17.1 Å². The molecule has 0 spiro atoms. The van der Waals surface area contributed by atoms with Gasteiger partial charge in [0, 0.05) is 5.56 Å². The maximum Gasteiger partial charge on any atom is 0.335 e. The third-order valence-electron chi connectivity index (χ3n) is 5.25. The van der Waals surface area contributed by atoms with E-state index >= 15 is 0 Å². The van der Waals surface area contributed by atoms with E-state index in [1.807, 2.05) is 0 Å². The maximum atomic E-state index is 13.1. The average Bonchev–Trinajstić information content (AvgIpc) is 2.86. The van der Waals surface area contributed by atoms with Crippen molar-refractivity contribution in [3.63, 3.8) is 0 Å². The number of aromatic carboxylic acids is 1. The number of ether oxygens (including phenoxy) is 2. The highest BCUT2D eigenvalue weighted by atomic mass is 16.5. The van der Waals surface area contributed by atoms with Crippen molar-refractivity contribution in [2.75, 3.05) is 12.0 Å². The molecule has 9 heteroatoms. The van der Waals surface area contributed by atoms with Gasteiger partial charge in [-0.05, 0) is 54.1 Å². The number of urea groups is 1. The van der Waals surface area contributed by atoms with Crippen LogP contribution in [0.3, 0.4) is 0 Å². The number of amides is 4. The number of methoxy groups -OCH3 is 1. The molecule has 0 aliphatic carbocycles. The van der Waals surface area contributed by atoms with E-state index in [4.69, 9.17) is 14.6 Å². The van der Waals surface area contributed by atoms with Crippen LogP contribution in [0.25, 0.3) is 6.08 Å². The van der Waals surface area contributed by atoms with E-state index in [9.17, 15) is 19.2 Å². The predicted molar refractivity (Wildman–Crippen MR) is 126 cm³/mol. The molecular weight excluding hydrogens is 452 g/mol. The first-order valence-electron chi connectivity index (χ1n) is 10.5. The Kier molecular flexibility index (Phi) is 6.59. The summed E-state index contributed by atoms with van der Waals surface area (Å²) in [5, 5.41) is 11.2. The zero-order valence-corrected chi connectivity index (χ0v) is 18.6. The first-order valence-corrected chi connectivity index (χ1v) is 10.5. The summed E-state index contributed by atoms with van der Waals surface area (Å²) in [7, 11) is 1.50. The highest BCUT2D eigenvalue weighted by Gasteiger charge is 2.37. The molecule has 0 saturated carbocycles. The van der Waals surface area contributed by atoms with Gasteiger partial charge in [-0.1, -0.05) is 30.3 Å². The van der Waals surface area contributed by atoms with E-state index < -0.39 is 23.8 Å². The minimum absolute atomic E-state index is 0.136. The SMILES string of the molecule is COc1ccc(N2C(=O)NC(=O)C(=Cc3ccccc3OCc3ccc(C(=O)O)cc3)C2=O)cc1. The summed E-state index contributed by atoms with van der Waals surface area (Å²) in [5.41, 5.74) is 1.40. The Bertz CT molecular complexity index is 1330.